The zero-order valence-electron chi connectivity index (χ0n) is 26.7. The summed E-state index contributed by atoms with van der Waals surface area (Å²) in [7, 11) is 0. The SMILES string of the molecule is CCCc1c(OC(C)COCCCOc2c(C(C)=O)ccc(OC(C)CC(=O)OCC)c2CCC)ccc(C(C)=O)c1O. The number of Topliss-reactive ketones (excluding diaryl/α,β-unsaturated/α-hetero) is 2. The lowest BCUT2D eigenvalue weighted by atomic mass is 10.0. The van der Waals surface area contributed by atoms with Gasteiger partial charge in [0.2, 0.25) is 0 Å². The maximum atomic E-state index is 12.4. The number of aromatic hydroxyl groups is 1. The van der Waals surface area contributed by atoms with Crippen LogP contribution in [0.15, 0.2) is 24.3 Å². The molecule has 2 atom stereocenters. The molecule has 0 spiro atoms. The van der Waals surface area contributed by atoms with Crippen LogP contribution in [0.1, 0.15) is 106 Å². The first kappa shape index (κ1) is 35.6. The van der Waals surface area contributed by atoms with Crippen molar-refractivity contribution in [3.63, 3.8) is 0 Å². The molecule has 9 heteroatoms. The first-order valence-electron chi connectivity index (χ1n) is 15.3. The number of ketones is 2. The number of carbonyl (C=O) groups excluding carboxylic acids is 3. The van der Waals surface area contributed by atoms with E-state index in [-0.39, 0.29) is 41.4 Å². The summed E-state index contributed by atoms with van der Waals surface area (Å²) in [5.41, 5.74) is 2.20. The monoisotopic (exact) mass is 600 g/mol. The minimum Gasteiger partial charge on any atom is -0.507 e. The van der Waals surface area contributed by atoms with Gasteiger partial charge in [0.05, 0.1) is 37.4 Å². The fraction of sp³-hybridized carbons (Fsp3) is 0.559. The normalized spacial score (nSPS) is 12.3. The van der Waals surface area contributed by atoms with E-state index >= 15 is 0 Å². The largest absolute Gasteiger partial charge is 0.507 e. The van der Waals surface area contributed by atoms with Crippen LogP contribution in [0.5, 0.6) is 23.0 Å². The molecule has 0 heterocycles. The van der Waals surface area contributed by atoms with Crippen LogP contribution in [0.3, 0.4) is 0 Å². The molecule has 2 rings (SSSR count). The average molecular weight is 601 g/mol. The molecule has 0 radical (unpaired) electrons. The molecule has 0 aliphatic rings. The van der Waals surface area contributed by atoms with Gasteiger partial charge in [0.25, 0.3) is 0 Å². The van der Waals surface area contributed by atoms with Gasteiger partial charge in [-0.25, -0.2) is 0 Å². The van der Waals surface area contributed by atoms with E-state index in [1.54, 1.807) is 31.2 Å². The predicted molar refractivity (Wildman–Crippen MR) is 165 cm³/mol. The highest BCUT2D eigenvalue weighted by Crippen LogP contribution is 2.36. The van der Waals surface area contributed by atoms with Crippen LogP contribution < -0.4 is 14.2 Å². The minimum absolute atomic E-state index is 0.0209. The average Bonchev–Trinajstić information content (AvgIpc) is 2.93. The summed E-state index contributed by atoms with van der Waals surface area (Å²) in [5.74, 6) is 0.990. The molecule has 1 N–H and O–H groups in total. The Labute approximate surface area is 255 Å². The predicted octanol–water partition coefficient (Wildman–Crippen LogP) is 6.68. The number of carbonyl (C=O) groups is 3. The molecular weight excluding hydrogens is 552 g/mol. The second kappa shape index (κ2) is 18.2. The highest BCUT2D eigenvalue weighted by Gasteiger charge is 2.21. The van der Waals surface area contributed by atoms with Crippen LogP contribution in [0.4, 0.5) is 0 Å². The van der Waals surface area contributed by atoms with Crippen LogP contribution >= 0.6 is 0 Å². The molecule has 0 bridgehead atoms. The smallest absolute Gasteiger partial charge is 0.309 e. The van der Waals surface area contributed by atoms with Crippen LogP contribution in [-0.2, 0) is 27.1 Å². The lowest BCUT2D eigenvalue weighted by molar-refractivity contribution is -0.144. The van der Waals surface area contributed by atoms with E-state index in [0.29, 0.717) is 74.1 Å². The summed E-state index contributed by atoms with van der Waals surface area (Å²) in [4.78, 5) is 36.1. The zero-order chi connectivity index (χ0) is 31.9. The summed E-state index contributed by atoms with van der Waals surface area (Å²) in [6, 6.07) is 6.77. The maximum Gasteiger partial charge on any atom is 0.309 e. The van der Waals surface area contributed by atoms with Crippen LogP contribution in [-0.4, -0.2) is 61.3 Å². The number of benzene rings is 2. The Morgan fingerprint density at radius 1 is 0.791 bits per heavy atom. The first-order chi connectivity index (χ1) is 20.5. The third-order valence-electron chi connectivity index (χ3n) is 6.66. The fourth-order valence-corrected chi connectivity index (χ4v) is 4.70. The summed E-state index contributed by atoms with van der Waals surface area (Å²) in [5, 5.41) is 10.6. The Kier molecular flexibility index (Phi) is 15.0. The Morgan fingerprint density at radius 2 is 1.37 bits per heavy atom. The minimum atomic E-state index is -0.405. The van der Waals surface area contributed by atoms with Crippen molar-refractivity contribution in [1.29, 1.82) is 0 Å². The zero-order valence-corrected chi connectivity index (χ0v) is 26.7. The van der Waals surface area contributed by atoms with Gasteiger partial charge in [-0.3, -0.25) is 14.4 Å². The first-order valence-corrected chi connectivity index (χ1v) is 15.3. The van der Waals surface area contributed by atoms with Gasteiger partial charge in [-0.15, -0.1) is 0 Å². The number of phenols is 1. The maximum absolute atomic E-state index is 12.4. The van der Waals surface area contributed by atoms with Crippen molar-refractivity contribution in [2.45, 2.75) is 99.2 Å². The number of rotatable bonds is 20. The van der Waals surface area contributed by atoms with Crippen LogP contribution in [0, 0.1) is 0 Å². The van der Waals surface area contributed by atoms with Gasteiger partial charge in [-0.05, 0) is 71.7 Å². The van der Waals surface area contributed by atoms with Gasteiger partial charge in [-0.1, -0.05) is 26.7 Å². The van der Waals surface area contributed by atoms with Gasteiger partial charge in [0, 0.05) is 24.2 Å². The van der Waals surface area contributed by atoms with Gasteiger partial charge in [-0.2, -0.15) is 0 Å². The van der Waals surface area contributed by atoms with Gasteiger partial charge in [0.1, 0.15) is 35.2 Å². The van der Waals surface area contributed by atoms with Crippen molar-refractivity contribution >= 4 is 17.5 Å². The standard InChI is InChI=1S/C34H48O9/c1-8-12-28-30(16-14-26(24(6)35)33(28)38)43-23(5)21-39-18-11-19-41-34-27(25(7)36)15-17-31(29(34)13-9-2)42-22(4)20-32(37)40-10-3/h14-17,22-23,38H,8-13,18-21H2,1-7H3. The molecule has 0 aromatic heterocycles. The number of phenolic OH excluding ortho intramolecular Hbond substituents is 1. The third-order valence-corrected chi connectivity index (χ3v) is 6.66. The van der Waals surface area contributed by atoms with Gasteiger partial charge >= 0.3 is 5.97 Å². The Balaban J connectivity index is 1.99. The molecule has 2 unspecified atom stereocenters. The van der Waals surface area contributed by atoms with Crippen molar-refractivity contribution in [1.82, 2.24) is 0 Å². The number of esters is 1. The molecule has 0 aliphatic carbocycles. The molecule has 2 aromatic rings. The van der Waals surface area contributed by atoms with Crippen molar-refractivity contribution in [2.75, 3.05) is 26.4 Å². The quantitative estimate of drug-likeness (QED) is 0.101. The van der Waals surface area contributed by atoms with Crippen molar-refractivity contribution in [3.8, 4) is 23.0 Å². The van der Waals surface area contributed by atoms with Crippen molar-refractivity contribution < 1.29 is 43.2 Å². The van der Waals surface area contributed by atoms with Gasteiger partial charge in [0.15, 0.2) is 11.6 Å². The highest BCUT2D eigenvalue weighted by molar-refractivity contribution is 5.98. The molecule has 238 valence electrons. The van der Waals surface area contributed by atoms with Crippen molar-refractivity contribution in [3.05, 3.63) is 46.5 Å². The second-order valence-corrected chi connectivity index (χ2v) is 10.6. The summed E-state index contributed by atoms with van der Waals surface area (Å²) in [6.45, 7) is 13.8. The van der Waals surface area contributed by atoms with Crippen LogP contribution in [0.2, 0.25) is 0 Å². The highest BCUT2D eigenvalue weighted by atomic mass is 16.5. The Bertz CT molecular complexity index is 1220. The molecule has 0 saturated carbocycles. The molecule has 2 aromatic carbocycles. The molecule has 0 amide bonds. The molecule has 0 fully saturated rings. The molecule has 9 nitrogen and oxygen atoms in total. The topological polar surface area (TPSA) is 118 Å². The summed E-state index contributed by atoms with van der Waals surface area (Å²) in [6.07, 6.45) is 2.85. The fourth-order valence-electron chi connectivity index (χ4n) is 4.70. The van der Waals surface area contributed by atoms with Gasteiger partial charge < -0.3 is 28.8 Å². The number of hydrogen-bond acceptors (Lipinski definition) is 9. The van der Waals surface area contributed by atoms with E-state index in [1.807, 2.05) is 27.7 Å². The van der Waals surface area contributed by atoms with E-state index in [9.17, 15) is 19.5 Å². The molecule has 0 aliphatic heterocycles. The summed E-state index contributed by atoms with van der Waals surface area (Å²) >= 11 is 0. The molecular formula is C34H48O9. The number of ether oxygens (including phenoxy) is 5. The lowest BCUT2D eigenvalue weighted by Crippen LogP contribution is -2.21. The Morgan fingerprint density at radius 3 is 1.98 bits per heavy atom. The van der Waals surface area contributed by atoms with E-state index in [4.69, 9.17) is 23.7 Å². The van der Waals surface area contributed by atoms with E-state index < -0.39 is 6.10 Å². The van der Waals surface area contributed by atoms with E-state index in [1.165, 1.54) is 13.8 Å². The Hall–Kier alpha value is -3.59. The van der Waals surface area contributed by atoms with Crippen molar-refractivity contribution in [2.24, 2.45) is 0 Å². The number of hydrogen-bond donors (Lipinski definition) is 1. The van der Waals surface area contributed by atoms with E-state index in [2.05, 4.69) is 0 Å². The third kappa shape index (κ3) is 10.9. The lowest BCUT2D eigenvalue weighted by Gasteiger charge is -2.21. The second-order valence-electron chi connectivity index (χ2n) is 10.6. The molecule has 0 saturated heterocycles. The van der Waals surface area contributed by atoms with Crippen LogP contribution in [0.25, 0.3) is 0 Å². The van der Waals surface area contributed by atoms with E-state index in [0.717, 1.165) is 18.4 Å². The summed E-state index contributed by atoms with van der Waals surface area (Å²) < 4.78 is 29.2. The molecule has 43 heavy (non-hydrogen) atoms.